The number of pyridine rings is 3. The Morgan fingerprint density at radius 3 is 2.81 bits per heavy atom. The zero-order valence-corrected chi connectivity index (χ0v) is 20.6. The molecule has 0 radical (unpaired) electrons. The van der Waals surface area contributed by atoms with E-state index < -0.39 is 17.5 Å². The van der Waals surface area contributed by atoms with Crippen LogP contribution >= 0.6 is 0 Å². The van der Waals surface area contributed by atoms with Crippen LogP contribution in [-0.4, -0.2) is 58.4 Å². The van der Waals surface area contributed by atoms with E-state index in [9.17, 15) is 9.18 Å². The fourth-order valence-electron chi connectivity index (χ4n) is 5.60. The fourth-order valence-corrected chi connectivity index (χ4v) is 5.60. The van der Waals surface area contributed by atoms with Crippen LogP contribution in [0.2, 0.25) is 0 Å². The summed E-state index contributed by atoms with van der Waals surface area (Å²) in [6.45, 7) is 1.05. The number of halogens is 1. The topological polar surface area (TPSA) is 134 Å². The molecule has 2 saturated heterocycles. The van der Waals surface area contributed by atoms with Gasteiger partial charge in [0.2, 0.25) is 5.88 Å². The minimum atomic E-state index is -0.518. The van der Waals surface area contributed by atoms with Crippen LogP contribution in [0.25, 0.3) is 11.0 Å². The maximum atomic E-state index is 14.9. The minimum Gasteiger partial charge on any atom is -0.481 e. The maximum Gasteiger partial charge on any atom is 0.263 e. The number of hydrogen-bond acceptors (Lipinski definition) is 9. The maximum absolute atomic E-state index is 14.9. The molecule has 1 atom stereocenters. The van der Waals surface area contributed by atoms with Crippen molar-refractivity contribution in [2.45, 2.75) is 55.8 Å². The summed E-state index contributed by atoms with van der Waals surface area (Å²) in [5, 5.41) is 6.38. The molecule has 194 valence electrons. The highest BCUT2D eigenvalue weighted by atomic mass is 19.1. The van der Waals surface area contributed by atoms with E-state index >= 15 is 0 Å². The molecule has 1 aliphatic carbocycles. The summed E-state index contributed by atoms with van der Waals surface area (Å²) in [5.41, 5.74) is 8.33. The number of nitrogens with zero attached hydrogens (tertiary/aromatic N) is 3. The Morgan fingerprint density at radius 2 is 2.05 bits per heavy atom. The number of rotatable bonds is 7. The molecule has 10 nitrogen and oxygen atoms in total. The molecule has 1 unspecified atom stereocenters. The van der Waals surface area contributed by atoms with E-state index in [4.69, 9.17) is 19.9 Å². The summed E-state index contributed by atoms with van der Waals surface area (Å²) in [6, 6.07) is 6.79. The van der Waals surface area contributed by atoms with Gasteiger partial charge in [-0.25, -0.2) is 14.4 Å². The van der Waals surface area contributed by atoms with Gasteiger partial charge < -0.3 is 30.6 Å². The third kappa shape index (κ3) is 4.36. The van der Waals surface area contributed by atoms with Crippen molar-refractivity contribution in [3.63, 3.8) is 0 Å². The number of hydrogen-bond donors (Lipinski definition) is 3. The Kier molecular flexibility index (Phi) is 5.93. The van der Waals surface area contributed by atoms with Crippen LogP contribution < -0.4 is 25.8 Å². The standard InChI is InChI=1S/C26H29FN6O4/c1-35-22-5-3-18-23(33-22)16(17(27)12-29-18)10-20(28)26-8-6-25(7-9-26,14-37-26)30-11-15-2-4-19-24(31-15)32-21(34)13-36-19/h2-5,12,20,30H,6-11,13-14,28H2,1H3,(H,31,32,34). The van der Waals surface area contributed by atoms with Gasteiger partial charge in [0.1, 0.15) is 5.82 Å². The van der Waals surface area contributed by atoms with E-state index in [1.54, 1.807) is 12.1 Å². The first-order valence-electron chi connectivity index (χ1n) is 12.4. The first-order valence-corrected chi connectivity index (χ1v) is 12.4. The first-order chi connectivity index (χ1) is 17.9. The summed E-state index contributed by atoms with van der Waals surface area (Å²) in [5.74, 6) is 0.787. The summed E-state index contributed by atoms with van der Waals surface area (Å²) < 4.78 is 31.9. The lowest BCUT2D eigenvalue weighted by Gasteiger charge is -2.55. The predicted molar refractivity (Wildman–Crippen MR) is 133 cm³/mol. The van der Waals surface area contributed by atoms with Gasteiger partial charge in [-0.1, -0.05) is 0 Å². The molecule has 4 N–H and O–H groups in total. The average molecular weight is 509 g/mol. The Bertz CT molecular complexity index is 1340. The number of amides is 1. The molecular formula is C26H29FN6O4. The van der Waals surface area contributed by atoms with Crippen LogP contribution in [-0.2, 0) is 22.5 Å². The van der Waals surface area contributed by atoms with Crippen LogP contribution in [0, 0.1) is 5.82 Å². The molecule has 3 aromatic rings. The number of fused-ring (bicyclic) bond motifs is 5. The molecule has 2 bridgehead atoms. The highest BCUT2D eigenvalue weighted by Crippen LogP contribution is 2.46. The molecule has 0 aromatic carbocycles. The van der Waals surface area contributed by atoms with E-state index in [1.807, 2.05) is 12.1 Å². The Labute approximate surface area is 213 Å². The average Bonchev–Trinajstić information content (AvgIpc) is 2.94. The van der Waals surface area contributed by atoms with Crippen molar-refractivity contribution < 1.29 is 23.4 Å². The van der Waals surface area contributed by atoms with Crippen molar-refractivity contribution >= 4 is 22.8 Å². The Balaban J connectivity index is 1.13. The van der Waals surface area contributed by atoms with Crippen LogP contribution in [0.15, 0.2) is 30.5 Å². The van der Waals surface area contributed by atoms with E-state index in [-0.39, 0.29) is 24.5 Å². The van der Waals surface area contributed by atoms with E-state index in [2.05, 4.69) is 25.6 Å². The van der Waals surface area contributed by atoms with Crippen molar-refractivity contribution in [1.82, 2.24) is 20.3 Å². The summed E-state index contributed by atoms with van der Waals surface area (Å²) in [7, 11) is 1.53. The molecule has 0 spiro atoms. The lowest BCUT2D eigenvalue weighted by molar-refractivity contribution is -0.173. The summed E-state index contributed by atoms with van der Waals surface area (Å²) in [4.78, 5) is 24.7. The molecule has 1 saturated carbocycles. The molecule has 3 aliphatic heterocycles. The number of carbonyl (C=O) groups is 1. The van der Waals surface area contributed by atoms with Crippen LogP contribution in [0.1, 0.15) is 36.9 Å². The second kappa shape index (κ2) is 9.16. The minimum absolute atomic E-state index is 0.00530. The van der Waals surface area contributed by atoms with E-state index in [0.717, 1.165) is 31.4 Å². The third-order valence-corrected chi connectivity index (χ3v) is 7.91. The van der Waals surface area contributed by atoms with Gasteiger partial charge in [-0.15, -0.1) is 0 Å². The van der Waals surface area contributed by atoms with Crippen molar-refractivity contribution in [2.24, 2.45) is 5.73 Å². The lowest BCUT2D eigenvalue weighted by atomic mass is 9.67. The second-order valence-corrected chi connectivity index (χ2v) is 10.1. The van der Waals surface area contributed by atoms with Gasteiger partial charge in [0, 0.05) is 29.8 Å². The van der Waals surface area contributed by atoms with Crippen molar-refractivity contribution in [1.29, 1.82) is 0 Å². The van der Waals surface area contributed by atoms with Gasteiger partial charge in [-0.05, 0) is 50.3 Å². The predicted octanol–water partition coefficient (Wildman–Crippen LogP) is 2.24. The number of aromatic nitrogens is 3. The van der Waals surface area contributed by atoms with E-state index in [1.165, 1.54) is 13.3 Å². The normalized spacial score (nSPS) is 25.3. The van der Waals surface area contributed by atoms with Gasteiger partial charge in [0.15, 0.2) is 18.2 Å². The van der Waals surface area contributed by atoms with Crippen LogP contribution in [0.3, 0.4) is 0 Å². The number of carbonyl (C=O) groups excluding carboxylic acids is 1. The molecule has 4 aliphatic rings. The molecule has 7 rings (SSSR count). The number of anilines is 1. The fraction of sp³-hybridized carbons (Fsp3) is 0.462. The number of nitrogens with one attached hydrogen (secondary N) is 2. The Morgan fingerprint density at radius 1 is 1.22 bits per heavy atom. The number of methoxy groups -OCH3 is 1. The molecule has 1 amide bonds. The van der Waals surface area contributed by atoms with Crippen molar-refractivity contribution in [3.8, 4) is 11.6 Å². The highest BCUT2D eigenvalue weighted by Gasteiger charge is 2.52. The lowest BCUT2D eigenvalue weighted by Crippen LogP contribution is -2.66. The quantitative estimate of drug-likeness (QED) is 0.439. The van der Waals surface area contributed by atoms with Gasteiger partial charge in [0.05, 0.1) is 42.2 Å². The van der Waals surface area contributed by atoms with Crippen LogP contribution in [0.5, 0.6) is 11.6 Å². The third-order valence-electron chi connectivity index (χ3n) is 7.91. The van der Waals surface area contributed by atoms with Gasteiger partial charge >= 0.3 is 0 Å². The number of ether oxygens (including phenoxy) is 3. The van der Waals surface area contributed by atoms with Crippen molar-refractivity contribution in [3.05, 3.63) is 47.5 Å². The molecule has 37 heavy (non-hydrogen) atoms. The zero-order chi connectivity index (χ0) is 25.6. The largest absolute Gasteiger partial charge is 0.481 e. The van der Waals surface area contributed by atoms with Gasteiger partial charge in [-0.2, -0.15) is 0 Å². The molecule has 11 heteroatoms. The molecule has 6 heterocycles. The first kappa shape index (κ1) is 24.0. The number of nitrogens with two attached hydrogens (primary N) is 1. The molecule has 3 fully saturated rings. The monoisotopic (exact) mass is 508 g/mol. The van der Waals surface area contributed by atoms with Gasteiger partial charge in [-0.3, -0.25) is 9.78 Å². The van der Waals surface area contributed by atoms with Gasteiger partial charge in [0.25, 0.3) is 5.91 Å². The summed E-state index contributed by atoms with van der Waals surface area (Å²) in [6.07, 6.45) is 4.82. The highest BCUT2D eigenvalue weighted by molar-refractivity contribution is 5.94. The van der Waals surface area contributed by atoms with Crippen molar-refractivity contribution in [2.75, 3.05) is 25.6 Å². The van der Waals surface area contributed by atoms with Crippen LogP contribution in [0.4, 0.5) is 10.2 Å². The Hall–Kier alpha value is -3.41. The summed E-state index contributed by atoms with van der Waals surface area (Å²) >= 11 is 0. The zero-order valence-electron chi connectivity index (χ0n) is 20.6. The molecular weight excluding hydrogens is 479 g/mol. The smallest absolute Gasteiger partial charge is 0.263 e. The second-order valence-electron chi connectivity index (χ2n) is 10.1. The van der Waals surface area contributed by atoms with E-state index in [0.29, 0.717) is 47.2 Å². The molecule has 3 aromatic heterocycles. The SMILES string of the molecule is COc1ccc2ncc(F)c(CC(N)C34CCC(NCc5ccc6c(n5)NC(=O)CO6)(CC3)CO4)c2n1.